The summed E-state index contributed by atoms with van der Waals surface area (Å²) in [6.45, 7) is 2.70. The summed E-state index contributed by atoms with van der Waals surface area (Å²) in [5.74, 6) is 0.940. The molecular weight excluding hydrogens is 316 g/mol. The first-order valence-electron chi connectivity index (χ1n) is 7.20. The van der Waals surface area contributed by atoms with Crippen LogP contribution in [0.4, 0.5) is 5.82 Å². The molecule has 1 amide bonds. The Morgan fingerprint density at radius 3 is 3.14 bits per heavy atom. The van der Waals surface area contributed by atoms with Crippen LogP contribution in [0.25, 0.3) is 0 Å². The number of carbonyl (C=O) groups is 1. The van der Waals surface area contributed by atoms with E-state index in [9.17, 15) is 4.79 Å². The zero-order valence-electron chi connectivity index (χ0n) is 12.4. The van der Waals surface area contributed by atoms with Crippen molar-refractivity contribution in [3.63, 3.8) is 0 Å². The number of aryl methyl sites for hydroxylation is 1. The smallest absolute Gasteiger partial charge is 0.233 e. The lowest BCUT2D eigenvalue weighted by Crippen LogP contribution is -2.31. The van der Waals surface area contributed by atoms with E-state index >= 15 is 0 Å². The summed E-state index contributed by atoms with van der Waals surface area (Å²) in [5.41, 5.74) is 6.54. The summed E-state index contributed by atoms with van der Waals surface area (Å²) in [6, 6.07) is 6.10. The lowest BCUT2D eigenvalue weighted by atomic mass is 10.2. The van der Waals surface area contributed by atoms with Gasteiger partial charge >= 0.3 is 0 Å². The van der Waals surface area contributed by atoms with Crippen molar-refractivity contribution in [2.45, 2.75) is 31.0 Å². The van der Waals surface area contributed by atoms with Crippen molar-refractivity contribution in [3.8, 4) is 0 Å². The summed E-state index contributed by atoms with van der Waals surface area (Å²) in [6.07, 6.45) is 2.11. The zero-order valence-corrected chi connectivity index (χ0v) is 14.0. The normalized spacial score (nSPS) is 17.9. The summed E-state index contributed by atoms with van der Waals surface area (Å²) >= 11 is 3.07. The van der Waals surface area contributed by atoms with E-state index in [4.69, 9.17) is 5.73 Å². The van der Waals surface area contributed by atoms with Crippen LogP contribution in [0, 0.1) is 6.92 Å². The van der Waals surface area contributed by atoms with Gasteiger partial charge in [-0.1, -0.05) is 17.8 Å². The number of rotatable bonds is 4. The maximum absolute atomic E-state index is 12.5. The highest BCUT2D eigenvalue weighted by atomic mass is 32.2. The van der Waals surface area contributed by atoms with Gasteiger partial charge in [-0.15, -0.1) is 11.3 Å². The van der Waals surface area contributed by atoms with Gasteiger partial charge < -0.3 is 10.6 Å². The molecule has 1 fully saturated rings. The second-order valence-corrected chi connectivity index (χ2v) is 7.19. The molecule has 22 heavy (non-hydrogen) atoms. The van der Waals surface area contributed by atoms with Crippen molar-refractivity contribution in [2.24, 2.45) is 0 Å². The predicted molar refractivity (Wildman–Crippen MR) is 89.9 cm³/mol. The SMILES string of the molecule is Cc1cc(N)nc(SCC(=O)N2CCC[C@H]2c2cccs2)n1. The summed E-state index contributed by atoms with van der Waals surface area (Å²) in [5, 5.41) is 2.63. The van der Waals surface area contributed by atoms with Crippen LogP contribution in [0.15, 0.2) is 28.7 Å². The number of hydrogen-bond donors (Lipinski definition) is 1. The highest BCUT2D eigenvalue weighted by Crippen LogP contribution is 2.35. The molecule has 2 aromatic rings. The van der Waals surface area contributed by atoms with Gasteiger partial charge in [0.05, 0.1) is 11.8 Å². The van der Waals surface area contributed by atoms with Crippen molar-refractivity contribution in [3.05, 3.63) is 34.2 Å². The fourth-order valence-corrected chi connectivity index (χ4v) is 4.35. The molecule has 5 nitrogen and oxygen atoms in total. The molecule has 0 aliphatic carbocycles. The van der Waals surface area contributed by atoms with Gasteiger partial charge in [-0.25, -0.2) is 9.97 Å². The maximum Gasteiger partial charge on any atom is 0.233 e. The third kappa shape index (κ3) is 3.41. The molecule has 1 aliphatic heterocycles. The Hall–Kier alpha value is -1.60. The molecule has 3 heterocycles. The molecule has 0 aromatic carbocycles. The number of carbonyl (C=O) groups excluding carboxylic acids is 1. The highest BCUT2D eigenvalue weighted by molar-refractivity contribution is 7.99. The Balaban J connectivity index is 1.64. The van der Waals surface area contributed by atoms with Gasteiger partial charge in [0.15, 0.2) is 5.16 Å². The van der Waals surface area contributed by atoms with E-state index in [1.54, 1.807) is 17.4 Å². The second kappa shape index (κ2) is 6.66. The Bertz CT molecular complexity index is 639. The summed E-state index contributed by atoms with van der Waals surface area (Å²) in [7, 11) is 0. The van der Waals surface area contributed by atoms with Crippen molar-refractivity contribution >= 4 is 34.8 Å². The van der Waals surface area contributed by atoms with E-state index in [0.717, 1.165) is 25.1 Å². The molecule has 2 aromatic heterocycles. The van der Waals surface area contributed by atoms with E-state index < -0.39 is 0 Å². The molecule has 1 saturated heterocycles. The Kier molecular flexibility index (Phi) is 4.63. The van der Waals surface area contributed by atoms with E-state index in [1.807, 2.05) is 17.9 Å². The Labute approximate surface area is 138 Å². The zero-order chi connectivity index (χ0) is 15.5. The summed E-state index contributed by atoms with van der Waals surface area (Å²) in [4.78, 5) is 24.2. The molecule has 116 valence electrons. The molecule has 1 aliphatic rings. The largest absolute Gasteiger partial charge is 0.384 e. The molecule has 7 heteroatoms. The van der Waals surface area contributed by atoms with Gasteiger partial charge in [-0.2, -0.15) is 0 Å². The minimum Gasteiger partial charge on any atom is -0.384 e. The molecule has 1 atom stereocenters. The molecule has 0 radical (unpaired) electrons. The van der Waals surface area contributed by atoms with Gasteiger partial charge in [-0.05, 0) is 31.2 Å². The molecular formula is C15H18N4OS2. The maximum atomic E-state index is 12.5. The molecule has 3 rings (SSSR count). The minimum atomic E-state index is 0.143. The number of amides is 1. The van der Waals surface area contributed by atoms with Crippen LogP contribution < -0.4 is 5.73 Å². The Morgan fingerprint density at radius 1 is 1.55 bits per heavy atom. The third-order valence-electron chi connectivity index (χ3n) is 3.62. The van der Waals surface area contributed by atoms with Crippen LogP contribution in [0.2, 0.25) is 0 Å². The van der Waals surface area contributed by atoms with Crippen molar-refractivity contribution < 1.29 is 4.79 Å². The number of nitrogens with two attached hydrogens (primary N) is 1. The second-order valence-electron chi connectivity index (χ2n) is 5.27. The van der Waals surface area contributed by atoms with E-state index in [1.165, 1.54) is 16.6 Å². The van der Waals surface area contributed by atoms with Crippen molar-refractivity contribution in [1.29, 1.82) is 0 Å². The van der Waals surface area contributed by atoms with Crippen molar-refractivity contribution in [2.75, 3.05) is 18.0 Å². The van der Waals surface area contributed by atoms with Gasteiger partial charge in [0.1, 0.15) is 5.82 Å². The van der Waals surface area contributed by atoms with Crippen LogP contribution in [0.3, 0.4) is 0 Å². The summed E-state index contributed by atoms with van der Waals surface area (Å²) < 4.78 is 0. The molecule has 0 spiro atoms. The topological polar surface area (TPSA) is 72.1 Å². The van der Waals surface area contributed by atoms with Gasteiger partial charge in [-0.3, -0.25) is 4.79 Å². The lowest BCUT2D eigenvalue weighted by molar-refractivity contribution is -0.129. The van der Waals surface area contributed by atoms with E-state index in [-0.39, 0.29) is 11.9 Å². The van der Waals surface area contributed by atoms with Crippen LogP contribution in [-0.4, -0.2) is 33.1 Å². The lowest BCUT2D eigenvalue weighted by Gasteiger charge is -2.23. The van der Waals surface area contributed by atoms with Gasteiger partial charge in [0, 0.05) is 23.2 Å². The van der Waals surface area contributed by atoms with E-state index in [2.05, 4.69) is 21.4 Å². The number of anilines is 1. The molecule has 0 unspecified atom stereocenters. The fourth-order valence-electron chi connectivity index (χ4n) is 2.68. The number of aromatic nitrogens is 2. The van der Waals surface area contributed by atoms with Crippen molar-refractivity contribution in [1.82, 2.24) is 14.9 Å². The minimum absolute atomic E-state index is 0.143. The third-order valence-corrected chi connectivity index (χ3v) is 5.43. The van der Waals surface area contributed by atoms with Gasteiger partial charge in [0.2, 0.25) is 5.91 Å². The first-order valence-corrected chi connectivity index (χ1v) is 9.07. The van der Waals surface area contributed by atoms with Crippen LogP contribution >= 0.6 is 23.1 Å². The number of thioether (sulfide) groups is 1. The monoisotopic (exact) mass is 334 g/mol. The first kappa shape index (κ1) is 15.3. The predicted octanol–water partition coefficient (Wildman–Crippen LogP) is 2.88. The van der Waals surface area contributed by atoms with Gasteiger partial charge in [0.25, 0.3) is 0 Å². The van der Waals surface area contributed by atoms with Crippen LogP contribution in [0.1, 0.15) is 29.5 Å². The quantitative estimate of drug-likeness (QED) is 0.687. The molecule has 0 saturated carbocycles. The fraction of sp³-hybridized carbons (Fsp3) is 0.400. The van der Waals surface area contributed by atoms with Crippen LogP contribution in [0.5, 0.6) is 0 Å². The number of likely N-dealkylation sites (tertiary alicyclic amines) is 1. The molecule has 2 N–H and O–H groups in total. The average Bonchev–Trinajstić information content (AvgIpc) is 3.13. The van der Waals surface area contributed by atoms with E-state index in [0.29, 0.717) is 16.7 Å². The number of thiophene rings is 1. The highest BCUT2D eigenvalue weighted by Gasteiger charge is 2.30. The average molecular weight is 334 g/mol. The standard InChI is InChI=1S/C15H18N4OS2/c1-10-8-13(16)18-15(17-10)22-9-14(20)19-6-2-4-11(19)12-5-3-7-21-12/h3,5,7-8,11H,2,4,6,9H2,1H3,(H2,16,17,18)/t11-/m0/s1. The number of nitrogens with zero attached hydrogens (tertiary/aromatic N) is 3. The number of nitrogen functional groups attached to an aromatic ring is 1. The number of hydrogen-bond acceptors (Lipinski definition) is 6. The Morgan fingerprint density at radius 2 is 2.41 bits per heavy atom. The van der Waals surface area contributed by atoms with Crippen LogP contribution in [-0.2, 0) is 4.79 Å². The molecule has 0 bridgehead atoms. The first-order chi connectivity index (χ1) is 10.6.